The Morgan fingerprint density at radius 3 is 2.47 bits per heavy atom. The molecule has 0 aliphatic rings. The fourth-order valence-electron chi connectivity index (χ4n) is 3.83. The van der Waals surface area contributed by atoms with Gasteiger partial charge in [-0.2, -0.15) is 5.10 Å². The number of carbonyl (C=O) groups excluding carboxylic acids is 1. The molecule has 0 fully saturated rings. The van der Waals surface area contributed by atoms with E-state index in [-0.39, 0.29) is 23.3 Å². The number of nitrogens with zero attached hydrogens (tertiary/aromatic N) is 4. The van der Waals surface area contributed by atoms with E-state index in [1.807, 2.05) is 26.8 Å². The third-order valence-electron chi connectivity index (χ3n) is 5.99. The molecule has 2 aromatic heterocycles. The Labute approximate surface area is 221 Å². The summed E-state index contributed by atoms with van der Waals surface area (Å²) in [7, 11) is 4.90. The number of fused-ring (bicyclic) bond motifs is 1. The summed E-state index contributed by atoms with van der Waals surface area (Å²) >= 11 is 0. The van der Waals surface area contributed by atoms with E-state index in [1.165, 1.54) is 6.07 Å². The van der Waals surface area contributed by atoms with Gasteiger partial charge in [0.15, 0.2) is 11.5 Å². The smallest absolute Gasteiger partial charge is 0.230 e. The molecule has 0 aliphatic heterocycles. The molecule has 0 bridgehead atoms. The summed E-state index contributed by atoms with van der Waals surface area (Å²) < 4.78 is 32.8. The maximum atomic E-state index is 15.0. The number of methoxy groups -OCH3 is 2. The lowest BCUT2D eigenvalue weighted by Crippen LogP contribution is -2.17. The highest BCUT2D eigenvalue weighted by atomic mass is 19.1. The van der Waals surface area contributed by atoms with Crippen molar-refractivity contribution in [2.24, 2.45) is 7.05 Å². The second-order valence-corrected chi connectivity index (χ2v) is 9.91. The van der Waals surface area contributed by atoms with Crippen molar-refractivity contribution in [3.8, 4) is 22.8 Å². The summed E-state index contributed by atoms with van der Waals surface area (Å²) in [5.74, 6) is 0.774. The Hall–Kier alpha value is -4.05. The van der Waals surface area contributed by atoms with Gasteiger partial charge < -0.3 is 19.5 Å². The molecule has 0 spiro atoms. The van der Waals surface area contributed by atoms with Crippen molar-refractivity contribution in [3.63, 3.8) is 0 Å². The molecule has 1 amide bonds. The first kappa shape index (κ1) is 27.0. The minimum atomic E-state index is -0.501. The van der Waals surface area contributed by atoms with Gasteiger partial charge in [0.2, 0.25) is 5.91 Å². The first-order valence-electron chi connectivity index (χ1n) is 12.2. The highest BCUT2D eigenvalue weighted by Crippen LogP contribution is 2.32. The van der Waals surface area contributed by atoms with Crippen LogP contribution in [0.3, 0.4) is 0 Å². The molecular formula is C28H32FN5O4. The van der Waals surface area contributed by atoms with Crippen LogP contribution in [0.2, 0.25) is 0 Å². The van der Waals surface area contributed by atoms with E-state index >= 15 is 4.39 Å². The zero-order valence-electron chi connectivity index (χ0n) is 22.5. The van der Waals surface area contributed by atoms with Crippen LogP contribution in [0.4, 0.5) is 10.2 Å². The maximum Gasteiger partial charge on any atom is 0.230 e. The van der Waals surface area contributed by atoms with Crippen LogP contribution in [-0.4, -0.2) is 53.1 Å². The van der Waals surface area contributed by atoms with Gasteiger partial charge >= 0.3 is 0 Å². The van der Waals surface area contributed by atoms with Crippen molar-refractivity contribution >= 4 is 22.8 Å². The summed E-state index contributed by atoms with van der Waals surface area (Å²) in [6.07, 6.45) is 1.46. The lowest BCUT2D eigenvalue weighted by molar-refractivity contribution is -0.115. The third-order valence-corrected chi connectivity index (χ3v) is 5.99. The number of hydrogen-bond donors (Lipinski definition) is 1. The van der Waals surface area contributed by atoms with Crippen LogP contribution in [0, 0.1) is 5.82 Å². The van der Waals surface area contributed by atoms with Crippen LogP contribution in [0.5, 0.6) is 11.5 Å². The average Bonchev–Trinajstić information content (AvgIpc) is 3.25. The van der Waals surface area contributed by atoms with Gasteiger partial charge in [0.1, 0.15) is 18.2 Å². The predicted octanol–water partition coefficient (Wildman–Crippen LogP) is 4.68. The Balaban J connectivity index is 1.51. The van der Waals surface area contributed by atoms with Gasteiger partial charge in [-0.1, -0.05) is 32.9 Å². The van der Waals surface area contributed by atoms with Crippen molar-refractivity contribution < 1.29 is 23.4 Å². The fourth-order valence-corrected chi connectivity index (χ4v) is 3.83. The number of hydrogen-bond acceptors (Lipinski definition) is 7. The van der Waals surface area contributed by atoms with E-state index in [2.05, 4.69) is 20.4 Å². The Morgan fingerprint density at radius 2 is 1.82 bits per heavy atom. The number of aromatic nitrogens is 4. The van der Waals surface area contributed by atoms with Gasteiger partial charge in [0, 0.05) is 43.3 Å². The summed E-state index contributed by atoms with van der Waals surface area (Å²) in [6.45, 7) is 6.95. The van der Waals surface area contributed by atoms with Crippen LogP contribution in [0.15, 0.2) is 42.6 Å². The highest BCUT2D eigenvalue weighted by molar-refractivity contribution is 5.91. The molecule has 0 aliphatic carbocycles. The summed E-state index contributed by atoms with van der Waals surface area (Å²) in [5, 5.41) is 7.27. The molecule has 0 atom stereocenters. The average molecular weight is 522 g/mol. The summed E-state index contributed by atoms with van der Waals surface area (Å²) in [6, 6.07) is 9.98. The van der Waals surface area contributed by atoms with E-state index in [0.29, 0.717) is 52.8 Å². The van der Waals surface area contributed by atoms with E-state index in [0.717, 1.165) is 5.69 Å². The molecule has 2 heterocycles. The Bertz CT molecular complexity index is 1460. The van der Waals surface area contributed by atoms with E-state index in [4.69, 9.17) is 14.2 Å². The molecule has 38 heavy (non-hydrogen) atoms. The van der Waals surface area contributed by atoms with Gasteiger partial charge in [-0.15, -0.1) is 0 Å². The highest BCUT2D eigenvalue weighted by Gasteiger charge is 2.20. The number of halogens is 1. The zero-order chi connectivity index (χ0) is 27.4. The summed E-state index contributed by atoms with van der Waals surface area (Å²) in [5.41, 5.74) is 3.20. The van der Waals surface area contributed by atoms with E-state index in [9.17, 15) is 4.79 Å². The maximum absolute atomic E-state index is 15.0. The molecule has 0 saturated heterocycles. The van der Waals surface area contributed by atoms with Crippen LogP contribution in [0.1, 0.15) is 32.0 Å². The van der Waals surface area contributed by atoms with Crippen molar-refractivity contribution in [1.82, 2.24) is 19.7 Å². The molecule has 2 aromatic carbocycles. The monoisotopic (exact) mass is 521 g/mol. The Morgan fingerprint density at radius 1 is 1.05 bits per heavy atom. The van der Waals surface area contributed by atoms with E-state index in [1.54, 1.807) is 56.4 Å². The number of anilines is 1. The fraction of sp³-hybridized carbons (Fsp3) is 0.357. The van der Waals surface area contributed by atoms with Crippen LogP contribution < -0.4 is 14.8 Å². The van der Waals surface area contributed by atoms with Crippen molar-refractivity contribution in [1.29, 1.82) is 0 Å². The lowest BCUT2D eigenvalue weighted by Gasteiger charge is -2.13. The first-order valence-corrected chi connectivity index (χ1v) is 12.2. The van der Waals surface area contributed by atoms with Crippen molar-refractivity contribution in [2.45, 2.75) is 32.6 Å². The molecule has 0 radical (unpaired) electrons. The molecule has 200 valence electrons. The number of nitrogens with one attached hydrogen (secondary N) is 1. The third kappa shape index (κ3) is 6.08. The second-order valence-electron chi connectivity index (χ2n) is 9.91. The van der Waals surface area contributed by atoms with Gasteiger partial charge in [0.25, 0.3) is 0 Å². The van der Waals surface area contributed by atoms with E-state index < -0.39 is 5.82 Å². The lowest BCUT2D eigenvalue weighted by atomic mass is 9.92. The largest absolute Gasteiger partial charge is 0.493 e. The number of amides is 1. The molecule has 0 saturated carbocycles. The van der Waals surface area contributed by atoms with Gasteiger partial charge in [-0.25, -0.2) is 9.37 Å². The van der Waals surface area contributed by atoms with Crippen molar-refractivity contribution in [2.75, 3.05) is 32.8 Å². The molecule has 4 rings (SSSR count). The molecular weight excluding hydrogens is 489 g/mol. The SMILES string of the molecule is COCCOc1cc2ncc(-c3ccc(CC(=O)Nc4cc(C(C)(C)C)nn4C)c(F)c3)nc2cc1OC. The number of aryl methyl sites for hydroxylation is 1. The number of carbonyl (C=O) groups is 1. The molecule has 9 nitrogen and oxygen atoms in total. The predicted molar refractivity (Wildman–Crippen MR) is 143 cm³/mol. The Kier molecular flexibility index (Phi) is 7.91. The molecule has 0 unspecified atom stereocenters. The van der Waals surface area contributed by atoms with Gasteiger partial charge in [-0.3, -0.25) is 14.5 Å². The number of rotatable bonds is 9. The second kappa shape index (κ2) is 11.1. The topological polar surface area (TPSA) is 100 Å². The summed E-state index contributed by atoms with van der Waals surface area (Å²) in [4.78, 5) is 21.8. The van der Waals surface area contributed by atoms with Crippen molar-refractivity contribution in [3.05, 3.63) is 59.7 Å². The normalized spacial score (nSPS) is 11.6. The molecule has 10 heteroatoms. The van der Waals surface area contributed by atoms with Gasteiger partial charge in [-0.05, 0) is 11.6 Å². The first-order chi connectivity index (χ1) is 18.1. The molecule has 1 N–H and O–H groups in total. The van der Waals surface area contributed by atoms with Gasteiger partial charge in [0.05, 0.1) is 48.8 Å². The minimum absolute atomic E-state index is 0.116. The number of ether oxygens (including phenoxy) is 3. The van der Waals surface area contributed by atoms with Crippen LogP contribution >= 0.6 is 0 Å². The minimum Gasteiger partial charge on any atom is -0.493 e. The quantitative estimate of drug-likeness (QED) is 0.319. The van der Waals surface area contributed by atoms with Crippen LogP contribution in [0.25, 0.3) is 22.3 Å². The number of benzene rings is 2. The molecule has 4 aromatic rings. The standard InChI is InChI=1S/C28H32FN5O4/c1-28(2,3)25-15-26(34(4)33-25)32-27(35)12-17-7-8-18(11-19(17)29)22-16-30-20-13-24(38-10-9-36-5)23(37-6)14-21(20)31-22/h7-8,11,13-16H,9-10,12H2,1-6H3,(H,32,35). The zero-order valence-corrected chi connectivity index (χ0v) is 22.5. The van der Waals surface area contributed by atoms with Crippen LogP contribution in [-0.2, 0) is 28.4 Å².